The topological polar surface area (TPSA) is 52.0 Å². The van der Waals surface area contributed by atoms with E-state index in [2.05, 4.69) is 48.3 Å². The van der Waals surface area contributed by atoms with Crippen molar-refractivity contribution in [1.82, 2.24) is 10.6 Å². The number of amidine groups is 2. The van der Waals surface area contributed by atoms with Crippen LogP contribution >= 0.6 is 0 Å². The van der Waals surface area contributed by atoms with Crippen LogP contribution in [0.15, 0.2) is 0 Å². The first kappa shape index (κ1) is 12.4. The van der Waals surface area contributed by atoms with Crippen molar-refractivity contribution in [3.05, 3.63) is 0 Å². The summed E-state index contributed by atoms with van der Waals surface area (Å²) in [4.78, 5) is 6.96. The van der Waals surface area contributed by atoms with Gasteiger partial charge in [0.15, 0.2) is 0 Å². The molecule has 2 aliphatic rings. The highest BCUT2D eigenvalue weighted by atomic mass is 15.1. The lowest BCUT2D eigenvalue weighted by molar-refractivity contribution is -0.489. The molecule has 0 unspecified atom stereocenters. The molecule has 0 aliphatic carbocycles. The molecule has 0 atom stereocenters. The van der Waals surface area contributed by atoms with Crippen molar-refractivity contribution >= 4 is 11.7 Å². The molecule has 0 spiro atoms. The molecule has 4 heteroatoms. The Labute approximate surface area is 104 Å². The highest BCUT2D eigenvalue weighted by molar-refractivity contribution is 5.97. The van der Waals surface area contributed by atoms with E-state index in [1.807, 2.05) is 0 Å². The predicted molar refractivity (Wildman–Crippen MR) is 69.9 cm³/mol. The maximum absolute atomic E-state index is 3.48. The van der Waals surface area contributed by atoms with Gasteiger partial charge in [0.25, 0.3) is 11.7 Å². The largest absolute Gasteiger partial charge is 0.277 e. The van der Waals surface area contributed by atoms with Crippen molar-refractivity contribution < 1.29 is 9.98 Å². The second kappa shape index (κ2) is 4.31. The minimum atomic E-state index is 0.351. The van der Waals surface area contributed by atoms with Crippen LogP contribution in [-0.4, -0.2) is 37.9 Å². The van der Waals surface area contributed by atoms with E-state index in [-0.39, 0.29) is 0 Å². The van der Waals surface area contributed by atoms with Crippen molar-refractivity contribution in [2.24, 2.45) is 10.8 Å². The van der Waals surface area contributed by atoms with Gasteiger partial charge in [0, 0.05) is 10.8 Å². The fourth-order valence-corrected chi connectivity index (χ4v) is 2.06. The molecule has 17 heavy (non-hydrogen) atoms. The van der Waals surface area contributed by atoms with Gasteiger partial charge in [-0.2, -0.15) is 0 Å². The summed E-state index contributed by atoms with van der Waals surface area (Å²) in [5, 5.41) is 6.96. The Morgan fingerprint density at radius 2 is 1.29 bits per heavy atom. The lowest BCUT2D eigenvalue weighted by Crippen LogP contribution is -2.87. The highest BCUT2D eigenvalue weighted by Crippen LogP contribution is 2.12. The van der Waals surface area contributed by atoms with Crippen molar-refractivity contribution in [2.75, 3.05) is 26.2 Å². The summed E-state index contributed by atoms with van der Waals surface area (Å²) >= 11 is 0. The van der Waals surface area contributed by atoms with Gasteiger partial charge in [0.2, 0.25) is 0 Å². The van der Waals surface area contributed by atoms with Gasteiger partial charge in [-0.25, -0.2) is 0 Å². The highest BCUT2D eigenvalue weighted by Gasteiger charge is 2.31. The SMILES string of the molecule is CC1(C)CNC(CC2=[NH+]CC(C)(C)CN2)=[NH+]C1. The molecule has 0 aromatic heterocycles. The zero-order valence-electron chi connectivity index (χ0n) is 11.5. The van der Waals surface area contributed by atoms with Gasteiger partial charge in [-0.1, -0.05) is 27.7 Å². The third-order valence-electron chi connectivity index (χ3n) is 3.47. The third kappa shape index (κ3) is 3.45. The Hall–Kier alpha value is -1.06. The van der Waals surface area contributed by atoms with E-state index in [0.29, 0.717) is 10.8 Å². The van der Waals surface area contributed by atoms with Crippen LogP contribution in [0.1, 0.15) is 34.1 Å². The summed E-state index contributed by atoms with van der Waals surface area (Å²) in [5.74, 6) is 2.47. The van der Waals surface area contributed by atoms with Crippen LogP contribution in [0.4, 0.5) is 0 Å². The van der Waals surface area contributed by atoms with Crippen molar-refractivity contribution in [2.45, 2.75) is 34.1 Å². The minimum absolute atomic E-state index is 0.351. The Bertz CT molecular complexity index is 318. The molecule has 0 fully saturated rings. The molecular formula is C13H26N4+2. The van der Waals surface area contributed by atoms with Crippen molar-refractivity contribution in [1.29, 1.82) is 0 Å². The molecule has 2 heterocycles. The van der Waals surface area contributed by atoms with E-state index >= 15 is 0 Å². The van der Waals surface area contributed by atoms with E-state index in [9.17, 15) is 0 Å². The first-order chi connectivity index (χ1) is 7.86. The number of rotatable bonds is 2. The molecule has 0 bridgehead atoms. The molecule has 2 aliphatic heterocycles. The van der Waals surface area contributed by atoms with Crippen molar-refractivity contribution in [3.63, 3.8) is 0 Å². The van der Waals surface area contributed by atoms with Gasteiger partial charge < -0.3 is 0 Å². The average molecular weight is 238 g/mol. The first-order valence-corrected chi connectivity index (χ1v) is 6.54. The zero-order valence-corrected chi connectivity index (χ0v) is 11.5. The maximum atomic E-state index is 3.48. The average Bonchev–Trinajstić information content (AvgIpc) is 2.24. The lowest BCUT2D eigenvalue weighted by atomic mass is 9.91. The van der Waals surface area contributed by atoms with Crippen LogP contribution in [-0.2, 0) is 0 Å². The normalized spacial score (nSPS) is 26.4. The monoisotopic (exact) mass is 238 g/mol. The summed E-state index contributed by atoms with van der Waals surface area (Å²) in [6.07, 6.45) is 0.937. The van der Waals surface area contributed by atoms with E-state index < -0.39 is 0 Å². The van der Waals surface area contributed by atoms with Crippen LogP contribution in [0, 0.1) is 10.8 Å². The number of hydrogen-bond donors (Lipinski definition) is 4. The molecular weight excluding hydrogens is 212 g/mol. The second-order valence-corrected chi connectivity index (χ2v) is 6.88. The minimum Gasteiger partial charge on any atom is -0.277 e. The Morgan fingerprint density at radius 3 is 1.59 bits per heavy atom. The summed E-state index contributed by atoms with van der Waals surface area (Å²) in [7, 11) is 0. The van der Waals surface area contributed by atoms with E-state index in [1.165, 1.54) is 11.7 Å². The van der Waals surface area contributed by atoms with Gasteiger partial charge in [-0.05, 0) is 0 Å². The molecule has 0 radical (unpaired) electrons. The van der Waals surface area contributed by atoms with Gasteiger partial charge in [-0.15, -0.1) is 0 Å². The first-order valence-electron chi connectivity index (χ1n) is 6.54. The third-order valence-corrected chi connectivity index (χ3v) is 3.47. The lowest BCUT2D eigenvalue weighted by Gasteiger charge is -2.26. The van der Waals surface area contributed by atoms with E-state index in [0.717, 1.165) is 32.6 Å². The Balaban J connectivity index is 1.91. The van der Waals surface area contributed by atoms with E-state index in [1.54, 1.807) is 0 Å². The molecule has 0 saturated carbocycles. The Morgan fingerprint density at radius 1 is 0.882 bits per heavy atom. The fourth-order valence-electron chi connectivity index (χ4n) is 2.06. The summed E-state index contributed by atoms with van der Waals surface area (Å²) in [6, 6.07) is 0. The predicted octanol–water partition coefficient (Wildman–Crippen LogP) is -2.41. The molecule has 4 nitrogen and oxygen atoms in total. The van der Waals surface area contributed by atoms with Crippen LogP contribution in [0.3, 0.4) is 0 Å². The summed E-state index contributed by atoms with van der Waals surface area (Å²) in [6.45, 7) is 13.3. The molecule has 0 aromatic carbocycles. The number of hydrogen-bond acceptors (Lipinski definition) is 2. The standard InChI is InChI=1S/C13H24N4/c1-12(2)6-14-10(15-7-12)5-11-16-8-13(3,4)9-17-11/h5-9H2,1-4H3,(H,14,15)(H,16,17)/p+2. The summed E-state index contributed by atoms with van der Waals surface area (Å²) in [5.41, 5.74) is 0.702. The molecule has 0 aromatic rings. The zero-order chi connectivity index (χ0) is 12.5. The van der Waals surface area contributed by atoms with Gasteiger partial charge >= 0.3 is 0 Å². The summed E-state index contributed by atoms with van der Waals surface area (Å²) < 4.78 is 0. The van der Waals surface area contributed by atoms with E-state index in [4.69, 9.17) is 0 Å². The second-order valence-electron chi connectivity index (χ2n) is 6.88. The van der Waals surface area contributed by atoms with Gasteiger partial charge in [-0.3, -0.25) is 20.6 Å². The Kier molecular flexibility index (Phi) is 3.15. The fraction of sp³-hybridized carbons (Fsp3) is 0.846. The quantitative estimate of drug-likeness (QED) is 0.433. The number of nitrogens with one attached hydrogen (secondary N) is 4. The van der Waals surface area contributed by atoms with Crippen LogP contribution in [0.2, 0.25) is 0 Å². The van der Waals surface area contributed by atoms with Crippen molar-refractivity contribution in [3.8, 4) is 0 Å². The van der Waals surface area contributed by atoms with Crippen LogP contribution in [0.25, 0.3) is 0 Å². The van der Waals surface area contributed by atoms with Gasteiger partial charge in [0.1, 0.15) is 6.42 Å². The van der Waals surface area contributed by atoms with Crippen LogP contribution in [0.5, 0.6) is 0 Å². The molecule has 0 saturated heterocycles. The smallest absolute Gasteiger partial charge is 0.254 e. The molecule has 2 rings (SSSR count). The molecule has 4 N–H and O–H groups in total. The maximum Gasteiger partial charge on any atom is 0.254 e. The van der Waals surface area contributed by atoms with Crippen LogP contribution < -0.4 is 20.6 Å². The molecule has 0 amide bonds. The molecule has 96 valence electrons. The van der Waals surface area contributed by atoms with Gasteiger partial charge in [0.05, 0.1) is 26.2 Å².